The van der Waals surface area contributed by atoms with Gasteiger partial charge in [-0.1, -0.05) is 18.2 Å². The van der Waals surface area contributed by atoms with E-state index in [4.69, 9.17) is 0 Å². The molecular weight excluding hydrogens is 305 g/mol. The molecule has 24 heavy (non-hydrogen) atoms. The molecule has 0 saturated carbocycles. The van der Waals surface area contributed by atoms with Crippen LogP contribution in [0.25, 0.3) is 0 Å². The fourth-order valence-electron chi connectivity index (χ4n) is 3.51. The summed E-state index contributed by atoms with van der Waals surface area (Å²) in [7, 11) is 0. The molecule has 1 aliphatic heterocycles. The molecule has 1 aromatic heterocycles. The number of aliphatic hydroxyl groups is 1. The predicted octanol–water partition coefficient (Wildman–Crippen LogP) is 2.85. The first kappa shape index (κ1) is 17.1. The monoisotopic (exact) mass is 331 g/mol. The van der Waals surface area contributed by atoms with Crippen molar-refractivity contribution in [1.29, 1.82) is 0 Å². The van der Waals surface area contributed by atoms with Gasteiger partial charge in [0, 0.05) is 50.3 Å². The van der Waals surface area contributed by atoms with E-state index in [1.807, 2.05) is 23.0 Å². The van der Waals surface area contributed by atoms with Gasteiger partial charge in [0.2, 0.25) is 0 Å². The van der Waals surface area contributed by atoms with Crippen molar-refractivity contribution in [3.8, 4) is 0 Å². The van der Waals surface area contributed by atoms with Crippen LogP contribution in [0.2, 0.25) is 0 Å². The molecule has 4 nitrogen and oxygen atoms in total. The van der Waals surface area contributed by atoms with E-state index in [0.29, 0.717) is 18.4 Å². The average Bonchev–Trinajstić information content (AvgIpc) is 3.20. The van der Waals surface area contributed by atoms with E-state index < -0.39 is 0 Å². The van der Waals surface area contributed by atoms with Crippen molar-refractivity contribution in [3.63, 3.8) is 0 Å². The van der Waals surface area contributed by atoms with Crippen LogP contribution in [0.5, 0.6) is 0 Å². The third-order valence-electron chi connectivity index (χ3n) is 4.99. The Balaban J connectivity index is 1.64. The van der Waals surface area contributed by atoms with Crippen LogP contribution in [0.1, 0.15) is 36.9 Å². The zero-order chi connectivity index (χ0) is 17.1. The Morgan fingerprint density at radius 3 is 2.75 bits per heavy atom. The third kappa shape index (κ3) is 3.68. The summed E-state index contributed by atoms with van der Waals surface area (Å²) in [6.45, 7) is 6.94. The molecule has 0 amide bonds. The number of halogens is 1. The molecule has 0 spiro atoms. The summed E-state index contributed by atoms with van der Waals surface area (Å²) < 4.78 is 15.7. The van der Waals surface area contributed by atoms with Crippen LogP contribution in [0.15, 0.2) is 36.7 Å². The topological polar surface area (TPSA) is 41.3 Å². The lowest BCUT2D eigenvalue weighted by Gasteiger charge is -2.15. The van der Waals surface area contributed by atoms with Crippen LogP contribution < -0.4 is 0 Å². The van der Waals surface area contributed by atoms with Crippen molar-refractivity contribution in [2.75, 3.05) is 26.2 Å². The van der Waals surface area contributed by atoms with E-state index in [2.05, 4.69) is 30.0 Å². The molecule has 5 heteroatoms. The normalized spacial score (nSPS) is 21.7. The zero-order valence-corrected chi connectivity index (χ0v) is 14.4. The summed E-state index contributed by atoms with van der Waals surface area (Å²) in [6, 6.07) is 7.30. The van der Waals surface area contributed by atoms with E-state index in [1.165, 1.54) is 11.6 Å². The lowest BCUT2D eigenvalue weighted by Crippen LogP contribution is -2.24. The van der Waals surface area contributed by atoms with Gasteiger partial charge in [0.15, 0.2) is 0 Å². The Bertz CT molecular complexity index is 670. The SMILES string of the molecule is CC(C)n1cc([C@@H]2CN(CCc3ccccc3F)C[C@H]2CO)cn1. The number of aromatic nitrogens is 2. The van der Waals surface area contributed by atoms with Crippen LogP contribution in [-0.4, -0.2) is 46.0 Å². The van der Waals surface area contributed by atoms with Gasteiger partial charge in [0.25, 0.3) is 0 Å². The Hall–Kier alpha value is -1.72. The van der Waals surface area contributed by atoms with Gasteiger partial charge in [-0.2, -0.15) is 5.10 Å². The van der Waals surface area contributed by atoms with Gasteiger partial charge in [-0.05, 0) is 37.5 Å². The van der Waals surface area contributed by atoms with Crippen molar-refractivity contribution in [1.82, 2.24) is 14.7 Å². The second-order valence-electron chi connectivity index (χ2n) is 7.00. The number of benzene rings is 1. The second kappa shape index (κ2) is 7.45. The fraction of sp³-hybridized carbons (Fsp3) is 0.526. The molecule has 2 heterocycles. The summed E-state index contributed by atoms with van der Waals surface area (Å²) >= 11 is 0. The quantitative estimate of drug-likeness (QED) is 0.885. The van der Waals surface area contributed by atoms with Gasteiger partial charge < -0.3 is 10.0 Å². The highest BCUT2D eigenvalue weighted by molar-refractivity contribution is 5.19. The van der Waals surface area contributed by atoms with Gasteiger partial charge in [-0.15, -0.1) is 0 Å². The second-order valence-corrected chi connectivity index (χ2v) is 7.00. The standard InChI is InChI=1S/C19H26FN3O/c1-14(2)23-11-16(9-21-23)18-12-22(10-17(18)13-24)8-7-15-5-3-4-6-19(15)20/h3-6,9,11,14,17-18,24H,7-8,10,12-13H2,1-2H3/t17-,18-/m0/s1. The molecule has 2 aromatic rings. The molecule has 1 N–H and O–H groups in total. The molecule has 0 aliphatic carbocycles. The Morgan fingerprint density at radius 1 is 1.29 bits per heavy atom. The van der Waals surface area contributed by atoms with E-state index in [9.17, 15) is 9.50 Å². The molecule has 0 radical (unpaired) electrons. The molecule has 130 valence electrons. The first-order valence-corrected chi connectivity index (χ1v) is 8.69. The smallest absolute Gasteiger partial charge is 0.126 e. The minimum Gasteiger partial charge on any atom is -0.396 e. The van der Waals surface area contributed by atoms with E-state index in [-0.39, 0.29) is 18.3 Å². The molecule has 1 fully saturated rings. The van der Waals surface area contributed by atoms with Gasteiger partial charge in [-0.3, -0.25) is 4.68 Å². The van der Waals surface area contributed by atoms with Crippen LogP contribution in [0, 0.1) is 11.7 Å². The first-order chi connectivity index (χ1) is 11.6. The summed E-state index contributed by atoms with van der Waals surface area (Å²) in [5.74, 6) is 0.378. The molecule has 1 saturated heterocycles. The molecule has 1 aliphatic rings. The van der Waals surface area contributed by atoms with Crippen LogP contribution in [0.3, 0.4) is 0 Å². The van der Waals surface area contributed by atoms with E-state index in [1.54, 1.807) is 6.07 Å². The van der Waals surface area contributed by atoms with Crippen LogP contribution in [0.4, 0.5) is 4.39 Å². The number of rotatable bonds is 6. The average molecular weight is 331 g/mol. The van der Waals surface area contributed by atoms with Crippen molar-refractivity contribution < 1.29 is 9.50 Å². The Kier molecular flexibility index (Phi) is 5.31. The molecule has 0 bridgehead atoms. The van der Waals surface area contributed by atoms with Gasteiger partial charge in [0.05, 0.1) is 6.20 Å². The van der Waals surface area contributed by atoms with Gasteiger partial charge in [-0.25, -0.2) is 4.39 Å². The van der Waals surface area contributed by atoms with Gasteiger partial charge in [0.1, 0.15) is 5.82 Å². The maximum absolute atomic E-state index is 13.8. The minimum absolute atomic E-state index is 0.134. The van der Waals surface area contributed by atoms with E-state index in [0.717, 1.165) is 25.2 Å². The Morgan fingerprint density at radius 2 is 2.08 bits per heavy atom. The van der Waals surface area contributed by atoms with Crippen molar-refractivity contribution in [2.24, 2.45) is 5.92 Å². The summed E-state index contributed by atoms with van der Waals surface area (Å²) in [4.78, 5) is 2.32. The lowest BCUT2D eigenvalue weighted by atomic mass is 9.92. The Labute approximate surface area is 142 Å². The van der Waals surface area contributed by atoms with Crippen molar-refractivity contribution in [3.05, 3.63) is 53.6 Å². The molecular formula is C19H26FN3O. The number of nitrogens with zero attached hydrogens (tertiary/aromatic N) is 3. The molecule has 2 atom stereocenters. The zero-order valence-electron chi connectivity index (χ0n) is 14.4. The predicted molar refractivity (Wildman–Crippen MR) is 92.5 cm³/mol. The number of hydrogen-bond donors (Lipinski definition) is 1. The highest BCUT2D eigenvalue weighted by atomic mass is 19.1. The van der Waals surface area contributed by atoms with Crippen molar-refractivity contribution in [2.45, 2.75) is 32.2 Å². The summed E-state index contributed by atoms with van der Waals surface area (Å²) in [6.07, 6.45) is 4.72. The highest BCUT2D eigenvalue weighted by Gasteiger charge is 2.34. The maximum Gasteiger partial charge on any atom is 0.126 e. The highest BCUT2D eigenvalue weighted by Crippen LogP contribution is 2.32. The fourth-order valence-corrected chi connectivity index (χ4v) is 3.51. The summed E-state index contributed by atoms with van der Waals surface area (Å²) in [5, 5.41) is 14.2. The van der Waals surface area contributed by atoms with E-state index >= 15 is 0 Å². The lowest BCUT2D eigenvalue weighted by molar-refractivity contribution is 0.215. The number of hydrogen-bond acceptors (Lipinski definition) is 3. The number of likely N-dealkylation sites (tertiary alicyclic amines) is 1. The number of aliphatic hydroxyl groups excluding tert-OH is 1. The summed E-state index contributed by atoms with van der Waals surface area (Å²) in [5.41, 5.74) is 1.95. The first-order valence-electron chi connectivity index (χ1n) is 8.69. The molecule has 0 unspecified atom stereocenters. The largest absolute Gasteiger partial charge is 0.396 e. The van der Waals surface area contributed by atoms with Crippen molar-refractivity contribution >= 4 is 0 Å². The third-order valence-corrected chi connectivity index (χ3v) is 4.99. The minimum atomic E-state index is -0.134. The van der Waals surface area contributed by atoms with Crippen LogP contribution in [-0.2, 0) is 6.42 Å². The molecule has 1 aromatic carbocycles. The van der Waals surface area contributed by atoms with Crippen LogP contribution >= 0.6 is 0 Å². The molecule has 3 rings (SSSR count). The maximum atomic E-state index is 13.8. The van der Waals surface area contributed by atoms with Gasteiger partial charge >= 0.3 is 0 Å².